The van der Waals surface area contributed by atoms with Gasteiger partial charge in [0.1, 0.15) is 0 Å². The van der Waals surface area contributed by atoms with E-state index in [1.807, 2.05) is 11.0 Å². The fraction of sp³-hybridized carbons (Fsp3) is 0.462. The molecular weight excluding hydrogens is 337 g/mol. The van der Waals surface area contributed by atoms with Crippen LogP contribution in [0.2, 0.25) is 5.02 Å². The predicted molar refractivity (Wildman–Crippen MR) is 78.5 cm³/mol. The lowest BCUT2D eigenvalue weighted by molar-refractivity contribution is 0.0734. The minimum atomic E-state index is 0.0140. The summed E-state index contributed by atoms with van der Waals surface area (Å²) in [6, 6.07) is 5.62. The summed E-state index contributed by atoms with van der Waals surface area (Å²) < 4.78 is 0.878. The van der Waals surface area contributed by atoms with E-state index in [4.69, 9.17) is 23.2 Å². The van der Waals surface area contributed by atoms with E-state index in [-0.39, 0.29) is 11.9 Å². The fourth-order valence-electron chi connectivity index (χ4n) is 2.35. The first-order valence-electron chi connectivity index (χ1n) is 5.95. The topological polar surface area (TPSA) is 20.3 Å². The third-order valence-corrected chi connectivity index (χ3v) is 4.27. The van der Waals surface area contributed by atoms with Crippen molar-refractivity contribution in [1.29, 1.82) is 0 Å². The van der Waals surface area contributed by atoms with Crippen LogP contribution in [0.1, 0.15) is 29.6 Å². The van der Waals surface area contributed by atoms with Gasteiger partial charge in [0.2, 0.25) is 0 Å². The average Bonchev–Trinajstić information content (AvgIpc) is 2.77. The zero-order valence-corrected chi connectivity index (χ0v) is 12.9. The van der Waals surface area contributed by atoms with Gasteiger partial charge in [-0.15, -0.1) is 11.6 Å². The van der Waals surface area contributed by atoms with Crippen molar-refractivity contribution in [1.82, 2.24) is 4.90 Å². The SMILES string of the molecule is O=C(c1ccc(Br)cc1Cl)N1CCCC1CCCl. The smallest absolute Gasteiger partial charge is 0.255 e. The molecule has 0 radical (unpaired) electrons. The molecule has 5 heteroatoms. The third kappa shape index (κ3) is 3.01. The summed E-state index contributed by atoms with van der Waals surface area (Å²) in [5, 5.41) is 0.492. The second-order valence-electron chi connectivity index (χ2n) is 4.40. The Labute approximate surface area is 125 Å². The molecule has 1 saturated heterocycles. The van der Waals surface area contributed by atoms with Gasteiger partial charge in [0.05, 0.1) is 10.6 Å². The molecule has 1 unspecified atom stereocenters. The van der Waals surface area contributed by atoms with Crippen LogP contribution >= 0.6 is 39.1 Å². The second-order valence-corrected chi connectivity index (χ2v) is 6.10. The van der Waals surface area contributed by atoms with E-state index in [9.17, 15) is 4.79 Å². The van der Waals surface area contributed by atoms with Gasteiger partial charge in [-0.1, -0.05) is 27.5 Å². The van der Waals surface area contributed by atoms with Crippen molar-refractivity contribution in [2.75, 3.05) is 12.4 Å². The van der Waals surface area contributed by atoms with E-state index in [1.54, 1.807) is 12.1 Å². The normalized spacial score (nSPS) is 19.3. The average molecular weight is 351 g/mol. The minimum Gasteiger partial charge on any atom is -0.336 e. The molecule has 1 aromatic carbocycles. The molecule has 0 N–H and O–H groups in total. The van der Waals surface area contributed by atoms with Crippen molar-refractivity contribution in [3.63, 3.8) is 0 Å². The summed E-state index contributed by atoms with van der Waals surface area (Å²) in [5.74, 6) is 0.600. The van der Waals surface area contributed by atoms with Crippen molar-refractivity contribution in [3.8, 4) is 0 Å². The van der Waals surface area contributed by atoms with Crippen LogP contribution in [0.3, 0.4) is 0 Å². The van der Waals surface area contributed by atoms with Gasteiger partial charge >= 0.3 is 0 Å². The Kier molecular flexibility index (Phi) is 4.93. The second kappa shape index (κ2) is 6.27. The summed E-state index contributed by atoms with van der Waals surface area (Å²) in [6.45, 7) is 0.798. The molecule has 1 aliphatic heterocycles. The molecule has 1 aliphatic rings. The number of hydrogen-bond acceptors (Lipinski definition) is 1. The highest BCUT2D eigenvalue weighted by Gasteiger charge is 2.29. The molecule has 1 atom stereocenters. The number of alkyl halides is 1. The number of carbonyl (C=O) groups is 1. The largest absolute Gasteiger partial charge is 0.336 e. The Hall–Kier alpha value is -0.250. The molecule has 2 nitrogen and oxygen atoms in total. The molecule has 1 fully saturated rings. The molecular formula is C13H14BrCl2NO. The van der Waals surface area contributed by atoms with Gasteiger partial charge in [-0.3, -0.25) is 4.79 Å². The summed E-state index contributed by atoms with van der Waals surface area (Å²) in [7, 11) is 0. The Bertz CT molecular complexity index is 453. The number of nitrogens with zero attached hydrogens (tertiary/aromatic N) is 1. The zero-order valence-electron chi connectivity index (χ0n) is 9.83. The molecule has 0 aliphatic carbocycles. The van der Waals surface area contributed by atoms with Gasteiger partial charge in [0, 0.05) is 22.9 Å². The van der Waals surface area contributed by atoms with Crippen LogP contribution in [0.25, 0.3) is 0 Å². The van der Waals surface area contributed by atoms with Gasteiger partial charge in [0.25, 0.3) is 5.91 Å². The van der Waals surface area contributed by atoms with Crippen LogP contribution in [0.5, 0.6) is 0 Å². The Morgan fingerprint density at radius 1 is 1.50 bits per heavy atom. The Balaban J connectivity index is 2.20. The predicted octanol–water partition coefficient (Wildman–Crippen LogP) is 4.34. The van der Waals surface area contributed by atoms with E-state index in [2.05, 4.69) is 15.9 Å². The molecule has 0 saturated carbocycles. The molecule has 18 heavy (non-hydrogen) atoms. The number of benzene rings is 1. The van der Waals surface area contributed by atoms with Crippen LogP contribution in [-0.4, -0.2) is 29.3 Å². The molecule has 0 bridgehead atoms. The van der Waals surface area contributed by atoms with Crippen molar-refractivity contribution in [2.24, 2.45) is 0 Å². The quantitative estimate of drug-likeness (QED) is 0.742. The van der Waals surface area contributed by atoms with Crippen LogP contribution < -0.4 is 0 Å². The molecule has 0 spiro atoms. The molecule has 1 amide bonds. The van der Waals surface area contributed by atoms with Crippen molar-refractivity contribution in [2.45, 2.75) is 25.3 Å². The molecule has 2 rings (SSSR count). The maximum absolute atomic E-state index is 12.4. The Morgan fingerprint density at radius 3 is 2.94 bits per heavy atom. The van der Waals surface area contributed by atoms with Crippen LogP contribution in [-0.2, 0) is 0 Å². The highest BCUT2D eigenvalue weighted by molar-refractivity contribution is 9.10. The molecule has 0 aromatic heterocycles. The van der Waals surface area contributed by atoms with E-state index < -0.39 is 0 Å². The van der Waals surface area contributed by atoms with E-state index in [0.717, 1.165) is 30.3 Å². The number of halogens is 3. The number of amides is 1. The number of rotatable bonds is 3. The van der Waals surface area contributed by atoms with E-state index in [0.29, 0.717) is 16.5 Å². The monoisotopic (exact) mass is 349 g/mol. The molecule has 98 valence electrons. The lowest BCUT2D eigenvalue weighted by atomic mass is 10.1. The van der Waals surface area contributed by atoms with Crippen molar-refractivity contribution in [3.05, 3.63) is 33.3 Å². The van der Waals surface area contributed by atoms with E-state index in [1.165, 1.54) is 0 Å². The number of carbonyl (C=O) groups excluding carboxylic acids is 1. The van der Waals surface area contributed by atoms with Crippen molar-refractivity contribution < 1.29 is 4.79 Å². The number of likely N-dealkylation sites (tertiary alicyclic amines) is 1. The summed E-state index contributed by atoms with van der Waals surface area (Å²) in [4.78, 5) is 14.3. The fourth-order valence-corrected chi connectivity index (χ4v) is 3.35. The Morgan fingerprint density at radius 2 is 2.28 bits per heavy atom. The van der Waals surface area contributed by atoms with Gasteiger partial charge in [-0.05, 0) is 37.5 Å². The van der Waals surface area contributed by atoms with Crippen LogP contribution in [0.4, 0.5) is 0 Å². The summed E-state index contributed by atoms with van der Waals surface area (Å²) >= 11 is 15.2. The first-order valence-corrected chi connectivity index (χ1v) is 7.66. The van der Waals surface area contributed by atoms with Crippen molar-refractivity contribution >= 4 is 45.0 Å². The standard InChI is InChI=1S/C13H14BrCl2NO/c14-9-3-4-11(12(16)8-9)13(18)17-7-1-2-10(17)5-6-15/h3-4,8,10H,1-2,5-7H2. The lowest BCUT2D eigenvalue weighted by Crippen LogP contribution is -2.35. The zero-order chi connectivity index (χ0) is 13.1. The first kappa shape index (κ1) is 14.2. The van der Waals surface area contributed by atoms with Gasteiger partial charge in [-0.25, -0.2) is 0 Å². The van der Waals surface area contributed by atoms with Gasteiger partial charge < -0.3 is 4.90 Å². The maximum Gasteiger partial charge on any atom is 0.255 e. The highest BCUT2D eigenvalue weighted by atomic mass is 79.9. The summed E-state index contributed by atoms with van der Waals surface area (Å²) in [5.41, 5.74) is 0.571. The number of hydrogen-bond donors (Lipinski definition) is 0. The minimum absolute atomic E-state index is 0.0140. The van der Waals surface area contributed by atoms with Crippen LogP contribution in [0.15, 0.2) is 22.7 Å². The third-order valence-electron chi connectivity index (χ3n) is 3.24. The van der Waals surface area contributed by atoms with Gasteiger partial charge in [0.15, 0.2) is 0 Å². The van der Waals surface area contributed by atoms with E-state index >= 15 is 0 Å². The molecule has 1 heterocycles. The molecule has 1 aromatic rings. The first-order chi connectivity index (χ1) is 8.63. The van der Waals surface area contributed by atoms with Gasteiger partial charge in [-0.2, -0.15) is 0 Å². The van der Waals surface area contributed by atoms with Crippen LogP contribution in [0, 0.1) is 0 Å². The highest BCUT2D eigenvalue weighted by Crippen LogP contribution is 2.27. The maximum atomic E-state index is 12.4. The summed E-state index contributed by atoms with van der Waals surface area (Å²) in [6.07, 6.45) is 2.93. The lowest BCUT2D eigenvalue weighted by Gasteiger charge is -2.24.